The Bertz CT molecular complexity index is 472. The molecule has 4 N–H and O–H groups in total. The van der Waals surface area contributed by atoms with Crippen LogP contribution in [0, 0.1) is 5.41 Å². The fourth-order valence-electron chi connectivity index (χ4n) is 1.83. The molecule has 0 saturated heterocycles. The molecule has 2 amide bonds. The Morgan fingerprint density at radius 2 is 1.68 bits per heavy atom. The molecule has 1 aromatic rings. The minimum Gasteiger partial charge on any atom is -0.353 e. The minimum absolute atomic E-state index is 0. The van der Waals surface area contributed by atoms with Gasteiger partial charge in [0.05, 0.1) is 6.54 Å². The Morgan fingerprint density at radius 3 is 2.23 bits per heavy atom. The third-order valence-corrected chi connectivity index (χ3v) is 2.88. The van der Waals surface area contributed by atoms with Crippen LogP contribution in [0.4, 0.5) is 0 Å². The van der Waals surface area contributed by atoms with E-state index in [0.29, 0.717) is 13.0 Å². The molecule has 0 aliphatic carbocycles. The van der Waals surface area contributed by atoms with Crippen molar-refractivity contribution in [3.63, 3.8) is 0 Å². The molecule has 0 radical (unpaired) electrons. The summed E-state index contributed by atoms with van der Waals surface area (Å²) in [7, 11) is 0. The van der Waals surface area contributed by atoms with Gasteiger partial charge >= 0.3 is 0 Å². The van der Waals surface area contributed by atoms with Crippen LogP contribution in [-0.4, -0.2) is 24.9 Å². The van der Waals surface area contributed by atoms with Crippen LogP contribution in [-0.2, 0) is 9.59 Å². The van der Waals surface area contributed by atoms with Gasteiger partial charge in [-0.1, -0.05) is 51.1 Å². The predicted molar refractivity (Wildman–Crippen MR) is 90.7 cm³/mol. The minimum atomic E-state index is -0.250. The van der Waals surface area contributed by atoms with Gasteiger partial charge in [0, 0.05) is 19.0 Å². The maximum absolute atomic E-state index is 11.7. The molecule has 0 fully saturated rings. The summed E-state index contributed by atoms with van der Waals surface area (Å²) >= 11 is 0. The number of hydrogen-bond donors (Lipinski definition) is 3. The second kappa shape index (κ2) is 9.43. The summed E-state index contributed by atoms with van der Waals surface area (Å²) in [6, 6.07) is 9.32. The van der Waals surface area contributed by atoms with E-state index in [1.54, 1.807) is 0 Å². The smallest absolute Gasteiger partial charge is 0.239 e. The van der Waals surface area contributed by atoms with Crippen molar-refractivity contribution in [3.05, 3.63) is 35.9 Å². The molecule has 1 aromatic carbocycles. The number of nitrogens with two attached hydrogens (primary N) is 1. The van der Waals surface area contributed by atoms with Gasteiger partial charge in [-0.25, -0.2) is 0 Å². The lowest BCUT2D eigenvalue weighted by Gasteiger charge is -2.17. The lowest BCUT2D eigenvalue weighted by molar-refractivity contribution is -0.127. The van der Waals surface area contributed by atoms with Crippen LogP contribution < -0.4 is 16.4 Å². The maximum atomic E-state index is 11.7. The van der Waals surface area contributed by atoms with Crippen molar-refractivity contribution in [1.82, 2.24) is 10.6 Å². The van der Waals surface area contributed by atoms with E-state index in [4.69, 9.17) is 5.73 Å². The molecule has 6 heteroatoms. The number of hydrogen-bond acceptors (Lipinski definition) is 3. The number of benzene rings is 1. The third kappa shape index (κ3) is 8.64. The van der Waals surface area contributed by atoms with Crippen LogP contribution in [0.25, 0.3) is 0 Å². The largest absolute Gasteiger partial charge is 0.353 e. The average molecular weight is 328 g/mol. The number of carbonyl (C=O) groups excluding carboxylic acids is 2. The molecule has 0 aliphatic heterocycles. The summed E-state index contributed by atoms with van der Waals surface area (Å²) < 4.78 is 0. The van der Waals surface area contributed by atoms with Crippen molar-refractivity contribution in [2.45, 2.75) is 33.2 Å². The molecule has 0 bridgehead atoms. The quantitative estimate of drug-likeness (QED) is 0.744. The SMILES string of the molecule is CC(C)(C)CC(=O)NCC(=O)NCC(N)c1ccccc1.Cl. The molecule has 124 valence electrons. The Balaban J connectivity index is 0.00000441. The fourth-order valence-corrected chi connectivity index (χ4v) is 1.83. The molecule has 0 heterocycles. The maximum Gasteiger partial charge on any atom is 0.239 e. The molecular formula is C16H26ClN3O2. The first-order chi connectivity index (χ1) is 9.78. The zero-order valence-electron chi connectivity index (χ0n) is 13.4. The van der Waals surface area contributed by atoms with E-state index >= 15 is 0 Å². The van der Waals surface area contributed by atoms with E-state index in [2.05, 4.69) is 10.6 Å². The second-order valence-electron chi connectivity index (χ2n) is 6.34. The lowest BCUT2D eigenvalue weighted by Crippen LogP contribution is -2.40. The van der Waals surface area contributed by atoms with Crippen LogP contribution in [0.1, 0.15) is 38.8 Å². The molecule has 22 heavy (non-hydrogen) atoms. The molecule has 0 saturated carbocycles. The monoisotopic (exact) mass is 327 g/mol. The molecule has 1 unspecified atom stereocenters. The van der Waals surface area contributed by atoms with Crippen LogP contribution in [0.2, 0.25) is 0 Å². The molecule has 0 spiro atoms. The summed E-state index contributed by atoms with van der Waals surface area (Å²) in [5.41, 5.74) is 6.86. The zero-order valence-corrected chi connectivity index (χ0v) is 14.2. The van der Waals surface area contributed by atoms with E-state index in [0.717, 1.165) is 5.56 Å². The summed E-state index contributed by atoms with van der Waals surface area (Å²) in [4.78, 5) is 23.3. The van der Waals surface area contributed by atoms with Crippen LogP contribution in [0.3, 0.4) is 0 Å². The van der Waals surface area contributed by atoms with Crippen molar-refractivity contribution in [2.24, 2.45) is 11.1 Å². The number of halogens is 1. The van der Waals surface area contributed by atoms with Gasteiger partial charge in [-0.05, 0) is 11.0 Å². The topological polar surface area (TPSA) is 84.2 Å². The number of rotatable bonds is 6. The average Bonchev–Trinajstić information content (AvgIpc) is 2.41. The van der Waals surface area contributed by atoms with Gasteiger partial charge in [-0.3, -0.25) is 9.59 Å². The molecular weight excluding hydrogens is 302 g/mol. The Morgan fingerprint density at radius 1 is 1.09 bits per heavy atom. The molecule has 1 rings (SSSR count). The van der Waals surface area contributed by atoms with E-state index < -0.39 is 0 Å². The summed E-state index contributed by atoms with van der Waals surface area (Å²) in [5, 5.41) is 5.33. The highest BCUT2D eigenvalue weighted by molar-refractivity contribution is 5.85. The Kier molecular flexibility index (Phi) is 8.75. The first-order valence-corrected chi connectivity index (χ1v) is 7.12. The van der Waals surface area contributed by atoms with Crippen molar-refractivity contribution in [1.29, 1.82) is 0 Å². The van der Waals surface area contributed by atoms with Gasteiger partial charge in [-0.15, -0.1) is 12.4 Å². The van der Waals surface area contributed by atoms with Gasteiger partial charge in [-0.2, -0.15) is 0 Å². The first kappa shape index (κ1) is 20.4. The molecule has 0 aromatic heterocycles. The zero-order chi connectivity index (χ0) is 15.9. The molecule has 1 atom stereocenters. The summed E-state index contributed by atoms with van der Waals surface area (Å²) in [6.07, 6.45) is 0.393. The first-order valence-electron chi connectivity index (χ1n) is 7.12. The van der Waals surface area contributed by atoms with Gasteiger partial charge in [0.2, 0.25) is 11.8 Å². The van der Waals surface area contributed by atoms with Crippen molar-refractivity contribution in [3.8, 4) is 0 Å². The Hall–Kier alpha value is -1.59. The van der Waals surface area contributed by atoms with Gasteiger partial charge in [0.15, 0.2) is 0 Å². The lowest BCUT2D eigenvalue weighted by atomic mass is 9.92. The van der Waals surface area contributed by atoms with Gasteiger partial charge in [0.1, 0.15) is 0 Å². The van der Waals surface area contributed by atoms with Crippen LogP contribution >= 0.6 is 12.4 Å². The van der Waals surface area contributed by atoms with Gasteiger partial charge < -0.3 is 16.4 Å². The highest BCUT2D eigenvalue weighted by Crippen LogP contribution is 2.17. The fraction of sp³-hybridized carbons (Fsp3) is 0.500. The van der Waals surface area contributed by atoms with E-state index in [-0.39, 0.29) is 42.2 Å². The van der Waals surface area contributed by atoms with Crippen LogP contribution in [0.5, 0.6) is 0 Å². The van der Waals surface area contributed by atoms with Crippen LogP contribution in [0.15, 0.2) is 30.3 Å². The Labute approximate surface area is 138 Å². The highest BCUT2D eigenvalue weighted by Gasteiger charge is 2.16. The highest BCUT2D eigenvalue weighted by atomic mass is 35.5. The van der Waals surface area contributed by atoms with Gasteiger partial charge in [0.25, 0.3) is 0 Å². The number of amides is 2. The van der Waals surface area contributed by atoms with E-state index in [9.17, 15) is 9.59 Å². The normalized spacial score (nSPS) is 12.0. The summed E-state index contributed by atoms with van der Waals surface area (Å²) in [5.74, 6) is -0.353. The van der Waals surface area contributed by atoms with Crippen molar-refractivity contribution >= 4 is 24.2 Å². The third-order valence-electron chi connectivity index (χ3n) is 2.88. The number of carbonyl (C=O) groups is 2. The predicted octanol–water partition coefficient (Wildman–Crippen LogP) is 1.78. The van der Waals surface area contributed by atoms with Crippen molar-refractivity contribution in [2.75, 3.05) is 13.1 Å². The summed E-state index contributed by atoms with van der Waals surface area (Å²) in [6.45, 7) is 6.26. The second-order valence-corrected chi connectivity index (χ2v) is 6.34. The molecule has 0 aliphatic rings. The number of nitrogens with one attached hydrogen (secondary N) is 2. The standard InChI is InChI=1S/C16H25N3O2.ClH/c1-16(2,3)9-14(20)19-11-15(21)18-10-13(17)12-7-5-4-6-8-12;/h4-8,13H,9-11,17H2,1-3H3,(H,18,21)(H,19,20);1H. The molecule has 5 nitrogen and oxygen atoms in total. The van der Waals surface area contributed by atoms with Crippen molar-refractivity contribution < 1.29 is 9.59 Å². The van der Waals surface area contributed by atoms with E-state index in [1.165, 1.54) is 0 Å². The van der Waals surface area contributed by atoms with E-state index in [1.807, 2.05) is 51.1 Å².